The number of para-hydroxylation sites is 1. The largest absolute Gasteiger partial charge is 0.325 e. The summed E-state index contributed by atoms with van der Waals surface area (Å²) in [4.78, 5) is 40.6. The number of amides is 3. The molecule has 3 N–H and O–H groups in total. The molecule has 39 heavy (non-hydrogen) atoms. The first-order valence-electron chi connectivity index (χ1n) is 12.4. The Morgan fingerprint density at radius 3 is 2.26 bits per heavy atom. The predicted octanol–water partition coefficient (Wildman–Crippen LogP) is 6.89. The molecular weight excluding hydrogens is 526 g/mol. The lowest BCUT2D eigenvalue weighted by Crippen LogP contribution is -2.30. The zero-order valence-corrected chi connectivity index (χ0v) is 23.5. The third kappa shape index (κ3) is 7.69. The van der Waals surface area contributed by atoms with Crippen LogP contribution < -0.4 is 16.0 Å². The molecule has 0 saturated carbocycles. The molecule has 4 rings (SSSR count). The molecule has 0 aliphatic heterocycles. The highest BCUT2D eigenvalue weighted by Gasteiger charge is 2.18. The van der Waals surface area contributed by atoms with Gasteiger partial charge in [0.15, 0.2) is 0 Å². The topological polar surface area (TPSA) is 87.3 Å². The van der Waals surface area contributed by atoms with Crippen molar-refractivity contribution in [3.05, 3.63) is 118 Å². The molecule has 0 bridgehead atoms. The normalized spacial score (nSPS) is 11.9. The van der Waals surface area contributed by atoms with Crippen LogP contribution in [0.5, 0.6) is 0 Å². The SMILES string of the molecule is Cc1cccc(C)c1NC(=O)C(C)Sc1cccc(NC(=O)/C(=C/c2cccs2)NC(=O)c2ccccc2)c1. The Balaban J connectivity index is 1.45. The minimum Gasteiger partial charge on any atom is -0.325 e. The number of aryl methyl sites for hydroxylation is 2. The fourth-order valence-electron chi connectivity index (χ4n) is 3.80. The number of carbonyl (C=O) groups excluding carboxylic acids is 3. The van der Waals surface area contributed by atoms with Gasteiger partial charge in [0.05, 0.1) is 5.25 Å². The van der Waals surface area contributed by atoms with Gasteiger partial charge >= 0.3 is 0 Å². The van der Waals surface area contributed by atoms with Gasteiger partial charge in [-0.05, 0) is 79.8 Å². The van der Waals surface area contributed by atoms with E-state index in [-0.39, 0.29) is 22.8 Å². The summed E-state index contributed by atoms with van der Waals surface area (Å²) in [7, 11) is 0. The van der Waals surface area contributed by atoms with Crippen molar-refractivity contribution in [3.63, 3.8) is 0 Å². The summed E-state index contributed by atoms with van der Waals surface area (Å²) < 4.78 is 0. The number of benzene rings is 3. The standard InChI is InChI=1S/C31H29N3O3S2/c1-20-10-7-11-21(2)28(20)34-29(35)22(3)39-26-15-8-14-24(18-26)32-31(37)27(19-25-16-9-17-38-25)33-30(36)23-12-5-4-6-13-23/h4-19,22H,1-3H3,(H,32,37)(H,33,36)(H,34,35)/b27-19-. The molecule has 0 radical (unpaired) electrons. The van der Waals surface area contributed by atoms with Crippen LogP contribution >= 0.6 is 23.1 Å². The van der Waals surface area contributed by atoms with Crippen molar-refractivity contribution >= 4 is 58.3 Å². The summed E-state index contributed by atoms with van der Waals surface area (Å²) in [6.07, 6.45) is 1.65. The van der Waals surface area contributed by atoms with E-state index >= 15 is 0 Å². The Hall–Kier alpha value is -4.14. The quantitative estimate of drug-likeness (QED) is 0.155. The van der Waals surface area contributed by atoms with Gasteiger partial charge in [0.2, 0.25) is 5.91 Å². The highest BCUT2D eigenvalue weighted by atomic mass is 32.2. The van der Waals surface area contributed by atoms with Crippen molar-refractivity contribution < 1.29 is 14.4 Å². The molecule has 0 fully saturated rings. The number of rotatable bonds is 9. The van der Waals surface area contributed by atoms with Gasteiger partial charge in [-0.2, -0.15) is 0 Å². The van der Waals surface area contributed by atoms with E-state index < -0.39 is 5.91 Å². The van der Waals surface area contributed by atoms with Crippen molar-refractivity contribution in [1.82, 2.24) is 5.32 Å². The van der Waals surface area contributed by atoms with Crippen LogP contribution in [-0.2, 0) is 9.59 Å². The number of hydrogen-bond acceptors (Lipinski definition) is 5. The molecule has 1 aromatic heterocycles. The molecule has 198 valence electrons. The van der Waals surface area contributed by atoms with Crippen LogP contribution in [0.1, 0.15) is 33.3 Å². The minimum atomic E-state index is -0.448. The average Bonchev–Trinajstić information content (AvgIpc) is 3.44. The van der Waals surface area contributed by atoms with Crippen molar-refractivity contribution in [3.8, 4) is 0 Å². The first kappa shape index (κ1) is 27.9. The van der Waals surface area contributed by atoms with Gasteiger partial charge in [-0.3, -0.25) is 14.4 Å². The molecule has 4 aromatic rings. The molecule has 1 unspecified atom stereocenters. The number of thioether (sulfide) groups is 1. The molecule has 0 spiro atoms. The van der Waals surface area contributed by atoms with Gasteiger partial charge in [0, 0.05) is 26.7 Å². The van der Waals surface area contributed by atoms with E-state index in [1.54, 1.807) is 36.4 Å². The lowest BCUT2D eigenvalue weighted by atomic mass is 10.1. The number of carbonyl (C=O) groups is 3. The lowest BCUT2D eigenvalue weighted by Gasteiger charge is -2.16. The van der Waals surface area contributed by atoms with Crippen LogP contribution in [0.15, 0.2) is 101 Å². The summed E-state index contributed by atoms with van der Waals surface area (Å²) in [6, 6.07) is 25.7. The van der Waals surface area contributed by atoms with Gasteiger partial charge in [-0.25, -0.2) is 0 Å². The molecule has 6 nitrogen and oxygen atoms in total. The molecule has 3 aromatic carbocycles. The van der Waals surface area contributed by atoms with Crippen molar-refractivity contribution in [2.45, 2.75) is 30.9 Å². The molecule has 1 heterocycles. The van der Waals surface area contributed by atoms with E-state index in [0.29, 0.717) is 11.3 Å². The molecule has 1 atom stereocenters. The molecule has 3 amide bonds. The second-order valence-electron chi connectivity index (χ2n) is 8.89. The van der Waals surface area contributed by atoms with E-state index in [0.717, 1.165) is 26.6 Å². The highest BCUT2D eigenvalue weighted by molar-refractivity contribution is 8.00. The number of thiophene rings is 1. The van der Waals surface area contributed by atoms with Crippen LogP contribution in [0.3, 0.4) is 0 Å². The van der Waals surface area contributed by atoms with E-state index in [1.807, 2.05) is 80.7 Å². The Kier molecular flexibility index (Phi) is 9.35. The summed E-state index contributed by atoms with van der Waals surface area (Å²) in [6.45, 7) is 5.78. The third-order valence-corrected chi connectivity index (χ3v) is 7.77. The smallest absolute Gasteiger partial charge is 0.272 e. The summed E-state index contributed by atoms with van der Waals surface area (Å²) in [5.74, 6) is -0.922. The summed E-state index contributed by atoms with van der Waals surface area (Å²) >= 11 is 2.86. The Bertz CT molecular complexity index is 1480. The van der Waals surface area contributed by atoms with Gasteiger partial charge in [0.1, 0.15) is 5.70 Å². The molecule has 0 saturated heterocycles. The first-order valence-corrected chi connectivity index (χ1v) is 14.1. The van der Waals surface area contributed by atoms with Gasteiger partial charge < -0.3 is 16.0 Å². The fourth-order valence-corrected chi connectivity index (χ4v) is 5.38. The maximum absolute atomic E-state index is 13.3. The van der Waals surface area contributed by atoms with E-state index in [9.17, 15) is 14.4 Å². The van der Waals surface area contributed by atoms with Crippen LogP contribution in [0, 0.1) is 13.8 Å². The zero-order valence-electron chi connectivity index (χ0n) is 21.9. The Morgan fingerprint density at radius 1 is 0.846 bits per heavy atom. The fraction of sp³-hybridized carbons (Fsp3) is 0.129. The maximum atomic E-state index is 13.3. The molecule has 0 aliphatic carbocycles. The summed E-state index contributed by atoms with van der Waals surface area (Å²) in [5, 5.41) is 10.2. The van der Waals surface area contributed by atoms with Crippen LogP contribution in [0.2, 0.25) is 0 Å². The number of hydrogen-bond donors (Lipinski definition) is 3. The van der Waals surface area contributed by atoms with Crippen molar-refractivity contribution in [2.75, 3.05) is 10.6 Å². The summed E-state index contributed by atoms with van der Waals surface area (Å²) in [5.41, 5.74) is 3.99. The number of anilines is 2. The second-order valence-corrected chi connectivity index (χ2v) is 11.3. The second kappa shape index (κ2) is 13.1. The van der Waals surface area contributed by atoms with Crippen LogP contribution in [0.25, 0.3) is 6.08 Å². The van der Waals surface area contributed by atoms with E-state index in [4.69, 9.17) is 0 Å². The minimum absolute atomic E-state index is 0.100. The Morgan fingerprint density at radius 2 is 1.56 bits per heavy atom. The zero-order chi connectivity index (χ0) is 27.8. The van der Waals surface area contributed by atoms with Gasteiger partial charge in [-0.1, -0.05) is 48.5 Å². The van der Waals surface area contributed by atoms with E-state index in [2.05, 4.69) is 16.0 Å². The van der Waals surface area contributed by atoms with Crippen molar-refractivity contribution in [2.24, 2.45) is 0 Å². The average molecular weight is 556 g/mol. The van der Waals surface area contributed by atoms with Gasteiger partial charge in [-0.15, -0.1) is 23.1 Å². The first-order chi connectivity index (χ1) is 18.8. The lowest BCUT2D eigenvalue weighted by molar-refractivity contribution is -0.115. The molecular formula is C31H29N3O3S2. The predicted molar refractivity (Wildman–Crippen MR) is 161 cm³/mol. The molecule has 0 aliphatic rings. The number of nitrogens with one attached hydrogen (secondary N) is 3. The van der Waals surface area contributed by atoms with Crippen LogP contribution in [-0.4, -0.2) is 23.0 Å². The maximum Gasteiger partial charge on any atom is 0.272 e. The van der Waals surface area contributed by atoms with Crippen molar-refractivity contribution in [1.29, 1.82) is 0 Å². The monoisotopic (exact) mass is 555 g/mol. The third-order valence-electron chi connectivity index (χ3n) is 5.86. The van der Waals surface area contributed by atoms with Gasteiger partial charge in [0.25, 0.3) is 11.8 Å². The molecule has 8 heteroatoms. The van der Waals surface area contributed by atoms with Crippen LogP contribution in [0.4, 0.5) is 11.4 Å². The van der Waals surface area contributed by atoms with E-state index in [1.165, 1.54) is 23.1 Å². The Labute approximate surface area is 236 Å². The highest BCUT2D eigenvalue weighted by Crippen LogP contribution is 2.28.